The highest BCUT2D eigenvalue weighted by Crippen LogP contribution is 2.24. The summed E-state index contributed by atoms with van der Waals surface area (Å²) in [6, 6.07) is 8.75. The lowest BCUT2D eigenvalue weighted by molar-refractivity contribution is 0.407. The van der Waals surface area contributed by atoms with E-state index in [0.717, 1.165) is 25.7 Å². The second-order valence-electron chi connectivity index (χ2n) is 4.92. The molecule has 1 atom stereocenters. The van der Waals surface area contributed by atoms with Crippen LogP contribution < -0.4 is 0 Å². The molecule has 1 aromatic rings. The minimum absolute atomic E-state index is 0.417. The molecule has 0 N–H and O–H groups in total. The summed E-state index contributed by atoms with van der Waals surface area (Å²) < 4.78 is 26.6. The highest BCUT2D eigenvalue weighted by atomic mass is 32.2. The normalized spacial score (nSPS) is 22.6. The van der Waals surface area contributed by atoms with Crippen LogP contribution in [0.2, 0.25) is 0 Å². The molecule has 3 nitrogen and oxygen atoms in total. The van der Waals surface area contributed by atoms with Crippen molar-refractivity contribution >= 4 is 10.0 Å². The minimum Gasteiger partial charge on any atom is -0.207 e. The number of rotatable bonds is 3. The predicted molar refractivity (Wildman–Crippen MR) is 72.8 cm³/mol. The Morgan fingerprint density at radius 3 is 2.56 bits per heavy atom. The van der Waals surface area contributed by atoms with Gasteiger partial charge in [-0.2, -0.15) is 4.31 Å². The molecule has 100 valence electrons. The van der Waals surface area contributed by atoms with Gasteiger partial charge in [-0.3, -0.25) is 0 Å². The molecule has 0 aromatic heterocycles. The monoisotopic (exact) mass is 267 g/mol. The molecule has 1 fully saturated rings. The highest BCUT2D eigenvalue weighted by Gasteiger charge is 2.26. The first-order chi connectivity index (χ1) is 8.64. The third kappa shape index (κ3) is 2.93. The zero-order valence-electron chi connectivity index (χ0n) is 10.9. The van der Waals surface area contributed by atoms with E-state index in [9.17, 15) is 8.42 Å². The van der Waals surface area contributed by atoms with E-state index >= 15 is 0 Å². The Morgan fingerprint density at radius 1 is 1.17 bits per heavy atom. The van der Waals surface area contributed by atoms with Crippen molar-refractivity contribution in [3.63, 3.8) is 0 Å². The lowest BCUT2D eigenvalue weighted by Crippen LogP contribution is -2.32. The molecule has 2 rings (SSSR count). The van der Waals surface area contributed by atoms with Gasteiger partial charge in [0.2, 0.25) is 10.0 Å². The average molecular weight is 267 g/mol. The van der Waals surface area contributed by atoms with E-state index in [1.807, 2.05) is 6.07 Å². The Balaban J connectivity index is 2.16. The fourth-order valence-electron chi connectivity index (χ4n) is 2.53. The molecule has 18 heavy (non-hydrogen) atoms. The summed E-state index contributed by atoms with van der Waals surface area (Å²) in [5.74, 6) is 0.681. The average Bonchev–Trinajstić information content (AvgIpc) is 2.65. The van der Waals surface area contributed by atoms with Crippen LogP contribution in [0.1, 0.15) is 32.6 Å². The topological polar surface area (TPSA) is 37.4 Å². The molecule has 0 radical (unpaired) electrons. The highest BCUT2D eigenvalue weighted by molar-refractivity contribution is 7.89. The summed E-state index contributed by atoms with van der Waals surface area (Å²) in [4.78, 5) is 0.417. The molecule has 1 aromatic carbocycles. The van der Waals surface area contributed by atoms with Crippen molar-refractivity contribution in [1.82, 2.24) is 4.31 Å². The third-order valence-corrected chi connectivity index (χ3v) is 5.68. The maximum Gasteiger partial charge on any atom is 0.243 e. The van der Waals surface area contributed by atoms with Gasteiger partial charge in [-0.15, -0.1) is 0 Å². The van der Waals surface area contributed by atoms with Crippen LogP contribution in [0, 0.1) is 5.92 Å². The van der Waals surface area contributed by atoms with Crippen LogP contribution in [0.25, 0.3) is 0 Å². The standard InChI is InChI=1S/C14H21NO2S/c1-2-13-7-6-11-15(12-10-13)18(16,17)14-8-4-3-5-9-14/h3-5,8-9,13H,2,6-7,10-12H2,1H3. The van der Waals surface area contributed by atoms with E-state index in [-0.39, 0.29) is 0 Å². The molecular formula is C14H21NO2S. The molecule has 1 aliphatic rings. The van der Waals surface area contributed by atoms with Gasteiger partial charge in [-0.1, -0.05) is 31.5 Å². The summed E-state index contributed by atoms with van der Waals surface area (Å²) >= 11 is 0. The van der Waals surface area contributed by atoms with Gasteiger partial charge in [-0.05, 0) is 37.3 Å². The van der Waals surface area contributed by atoms with Gasteiger partial charge in [0.25, 0.3) is 0 Å². The number of benzene rings is 1. The van der Waals surface area contributed by atoms with Crippen molar-refractivity contribution in [3.05, 3.63) is 30.3 Å². The van der Waals surface area contributed by atoms with Gasteiger partial charge in [0, 0.05) is 13.1 Å². The molecule has 4 heteroatoms. The maximum atomic E-state index is 12.5. The van der Waals surface area contributed by atoms with E-state index < -0.39 is 10.0 Å². The van der Waals surface area contributed by atoms with Gasteiger partial charge in [-0.25, -0.2) is 8.42 Å². The fourth-order valence-corrected chi connectivity index (χ4v) is 4.04. The van der Waals surface area contributed by atoms with Crippen molar-refractivity contribution in [1.29, 1.82) is 0 Å². The molecule has 0 aliphatic carbocycles. The minimum atomic E-state index is -3.28. The van der Waals surface area contributed by atoms with E-state index in [4.69, 9.17) is 0 Å². The Hall–Kier alpha value is -0.870. The van der Waals surface area contributed by atoms with Crippen LogP contribution in [0.4, 0.5) is 0 Å². The second kappa shape index (κ2) is 5.85. The van der Waals surface area contributed by atoms with Gasteiger partial charge in [0.05, 0.1) is 4.90 Å². The second-order valence-corrected chi connectivity index (χ2v) is 6.86. The molecule has 1 heterocycles. The Morgan fingerprint density at radius 2 is 1.89 bits per heavy atom. The zero-order valence-corrected chi connectivity index (χ0v) is 11.7. The first-order valence-corrected chi connectivity index (χ1v) is 8.14. The van der Waals surface area contributed by atoms with Crippen LogP contribution in [-0.4, -0.2) is 25.8 Å². The summed E-state index contributed by atoms with van der Waals surface area (Å²) in [5.41, 5.74) is 0. The van der Waals surface area contributed by atoms with Crippen LogP contribution in [0.5, 0.6) is 0 Å². The van der Waals surface area contributed by atoms with E-state index in [2.05, 4.69) is 6.92 Å². The Labute approximate surface area is 110 Å². The Kier molecular flexibility index (Phi) is 4.40. The summed E-state index contributed by atoms with van der Waals surface area (Å²) in [6.07, 6.45) is 4.27. The SMILES string of the molecule is CCC1CCCN(S(=O)(=O)c2ccccc2)CC1. The molecule has 0 spiro atoms. The maximum absolute atomic E-state index is 12.5. The van der Waals surface area contributed by atoms with Crippen LogP contribution in [-0.2, 0) is 10.0 Å². The van der Waals surface area contributed by atoms with E-state index in [0.29, 0.717) is 23.9 Å². The molecule has 1 saturated heterocycles. The van der Waals surface area contributed by atoms with Gasteiger partial charge < -0.3 is 0 Å². The third-order valence-electron chi connectivity index (χ3n) is 3.76. The van der Waals surface area contributed by atoms with Crippen molar-refractivity contribution in [2.24, 2.45) is 5.92 Å². The van der Waals surface area contributed by atoms with Crippen molar-refractivity contribution in [3.8, 4) is 0 Å². The fraction of sp³-hybridized carbons (Fsp3) is 0.571. The lowest BCUT2D eigenvalue weighted by atomic mass is 9.98. The van der Waals surface area contributed by atoms with Crippen LogP contribution >= 0.6 is 0 Å². The summed E-state index contributed by atoms with van der Waals surface area (Å²) in [7, 11) is -3.28. The first kappa shape index (κ1) is 13.6. The van der Waals surface area contributed by atoms with Gasteiger partial charge in [0.1, 0.15) is 0 Å². The molecule has 0 bridgehead atoms. The van der Waals surface area contributed by atoms with Crippen molar-refractivity contribution in [2.75, 3.05) is 13.1 Å². The Bertz CT molecular complexity index is 470. The van der Waals surface area contributed by atoms with Crippen molar-refractivity contribution in [2.45, 2.75) is 37.5 Å². The first-order valence-electron chi connectivity index (χ1n) is 6.70. The number of sulfonamides is 1. The van der Waals surface area contributed by atoms with Gasteiger partial charge in [0.15, 0.2) is 0 Å². The smallest absolute Gasteiger partial charge is 0.207 e. The quantitative estimate of drug-likeness (QED) is 0.844. The van der Waals surface area contributed by atoms with Gasteiger partial charge >= 0.3 is 0 Å². The molecule has 1 unspecified atom stereocenters. The zero-order chi connectivity index (χ0) is 13.0. The summed E-state index contributed by atoms with van der Waals surface area (Å²) in [5, 5.41) is 0. The largest absolute Gasteiger partial charge is 0.243 e. The number of hydrogen-bond acceptors (Lipinski definition) is 2. The van der Waals surface area contributed by atoms with Crippen molar-refractivity contribution < 1.29 is 8.42 Å². The molecule has 0 saturated carbocycles. The molecule has 1 aliphatic heterocycles. The lowest BCUT2D eigenvalue weighted by Gasteiger charge is -2.20. The van der Waals surface area contributed by atoms with Crippen LogP contribution in [0.15, 0.2) is 35.2 Å². The molecular weight excluding hydrogens is 246 g/mol. The number of nitrogens with zero attached hydrogens (tertiary/aromatic N) is 1. The van der Waals surface area contributed by atoms with E-state index in [1.165, 1.54) is 0 Å². The predicted octanol–water partition coefficient (Wildman–Crippen LogP) is 2.89. The van der Waals surface area contributed by atoms with E-state index in [1.54, 1.807) is 28.6 Å². The van der Waals surface area contributed by atoms with Crippen LogP contribution in [0.3, 0.4) is 0 Å². The number of hydrogen-bond donors (Lipinski definition) is 0. The summed E-state index contributed by atoms with van der Waals surface area (Å²) in [6.45, 7) is 3.51. The molecule has 0 amide bonds.